The number of aryl methyl sites for hydroxylation is 1. The van der Waals surface area contributed by atoms with E-state index in [0.717, 1.165) is 5.56 Å². The van der Waals surface area contributed by atoms with Crippen molar-refractivity contribution < 1.29 is 18.0 Å². The molecule has 2 aliphatic rings. The molecule has 2 aliphatic heterocycles. The number of amides is 2. The summed E-state index contributed by atoms with van der Waals surface area (Å²) in [6.07, 6.45) is 0.108. The minimum absolute atomic E-state index is 0.108. The molecule has 0 aromatic heterocycles. The smallest absolute Gasteiger partial charge is 0.251 e. The van der Waals surface area contributed by atoms with E-state index < -0.39 is 16.1 Å². The predicted octanol–water partition coefficient (Wildman–Crippen LogP) is 2.29. The number of para-hydroxylation sites is 1. The number of imide groups is 1. The Balaban J connectivity index is 1.46. The van der Waals surface area contributed by atoms with Crippen LogP contribution in [0.5, 0.6) is 0 Å². The lowest BCUT2D eigenvalue weighted by atomic mass is 10.1. The summed E-state index contributed by atoms with van der Waals surface area (Å²) in [5.74, 6) is -0.473. The van der Waals surface area contributed by atoms with Crippen molar-refractivity contribution >= 4 is 39.1 Å². The SMILES string of the molecule is Cc1ccccc1N1C(=O)C[C@@H](N2CCN(S(=O)(=O)c3ccc(Cl)cc3)CC2)C1=O. The molecule has 2 saturated heterocycles. The van der Waals surface area contributed by atoms with Gasteiger partial charge in [0, 0.05) is 31.2 Å². The van der Waals surface area contributed by atoms with Crippen LogP contribution in [0.25, 0.3) is 0 Å². The van der Waals surface area contributed by atoms with Gasteiger partial charge < -0.3 is 0 Å². The van der Waals surface area contributed by atoms with Crippen LogP contribution in [0.2, 0.25) is 5.02 Å². The number of carbonyl (C=O) groups excluding carboxylic acids is 2. The summed E-state index contributed by atoms with van der Waals surface area (Å²) >= 11 is 5.85. The average molecular weight is 448 g/mol. The number of benzene rings is 2. The zero-order valence-electron chi connectivity index (χ0n) is 16.5. The fourth-order valence-corrected chi connectivity index (χ4v) is 5.53. The standard InChI is InChI=1S/C21H22ClN3O4S/c1-15-4-2-3-5-18(15)25-20(26)14-19(21(25)27)23-10-12-24(13-11-23)30(28,29)17-8-6-16(22)7-9-17/h2-9,19H,10-14H2,1H3/t19-/m1/s1. The number of sulfonamides is 1. The van der Waals surface area contributed by atoms with E-state index in [1.807, 2.05) is 24.0 Å². The second-order valence-corrected chi connectivity index (χ2v) is 9.84. The van der Waals surface area contributed by atoms with E-state index in [2.05, 4.69) is 0 Å². The van der Waals surface area contributed by atoms with Gasteiger partial charge in [-0.2, -0.15) is 4.31 Å². The number of hydrogen-bond acceptors (Lipinski definition) is 5. The van der Waals surface area contributed by atoms with E-state index in [1.165, 1.54) is 21.3 Å². The number of piperazine rings is 1. The predicted molar refractivity (Wildman–Crippen MR) is 114 cm³/mol. The summed E-state index contributed by atoms with van der Waals surface area (Å²) in [5.41, 5.74) is 1.47. The Bertz CT molecular complexity index is 1080. The molecule has 0 spiro atoms. The van der Waals surface area contributed by atoms with Crippen LogP contribution in [0.3, 0.4) is 0 Å². The molecule has 0 N–H and O–H groups in total. The Hall–Kier alpha value is -2.26. The molecule has 1 atom stereocenters. The number of nitrogens with zero attached hydrogens (tertiary/aromatic N) is 3. The molecule has 0 bridgehead atoms. The molecule has 2 aromatic carbocycles. The second kappa shape index (κ2) is 8.11. The van der Waals surface area contributed by atoms with Gasteiger partial charge in [0.1, 0.15) is 0 Å². The average Bonchev–Trinajstić information content (AvgIpc) is 3.03. The summed E-state index contributed by atoms with van der Waals surface area (Å²) < 4.78 is 27.1. The number of halogens is 1. The molecule has 2 fully saturated rings. The van der Waals surface area contributed by atoms with Gasteiger partial charge in [0.05, 0.1) is 23.0 Å². The normalized spacial score (nSPS) is 21.4. The summed E-state index contributed by atoms with van der Waals surface area (Å²) in [6.45, 7) is 3.15. The maximum atomic E-state index is 13.0. The molecular weight excluding hydrogens is 426 g/mol. The molecule has 0 saturated carbocycles. The maximum Gasteiger partial charge on any atom is 0.251 e. The lowest BCUT2D eigenvalue weighted by Crippen LogP contribution is -2.53. The molecular formula is C21H22ClN3O4S. The minimum Gasteiger partial charge on any atom is -0.289 e. The molecule has 2 amide bonds. The van der Waals surface area contributed by atoms with Crippen LogP contribution in [-0.4, -0.2) is 61.7 Å². The van der Waals surface area contributed by atoms with Crippen molar-refractivity contribution in [1.29, 1.82) is 0 Å². The van der Waals surface area contributed by atoms with Gasteiger partial charge in [-0.05, 0) is 42.8 Å². The Morgan fingerprint density at radius 3 is 2.20 bits per heavy atom. The fourth-order valence-electron chi connectivity index (χ4n) is 3.98. The highest BCUT2D eigenvalue weighted by molar-refractivity contribution is 7.89. The fraction of sp³-hybridized carbons (Fsp3) is 0.333. The molecule has 7 nitrogen and oxygen atoms in total. The first-order valence-corrected chi connectivity index (χ1v) is 11.5. The van der Waals surface area contributed by atoms with Crippen molar-refractivity contribution in [2.75, 3.05) is 31.1 Å². The number of rotatable bonds is 4. The van der Waals surface area contributed by atoms with Crippen LogP contribution in [0.15, 0.2) is 53.4 Å². The van der Waals surface area contributed by atoms with Gasteiger partial charge in [-0.1, -0.05) is 29.8 Å². The molecule has 9 heteroatoms. The Morgan fingerprint density at radius 2 is 1.57 bits per heavy atom. The Morgan fingerprint density at radius 1 is 0.933 bits per heavy atom. The van der Waals surface area contributed by atoms with Crippen LogP contribution in [0.1, 0.15) is 12.0 Å². The molecule has 30 heavy (non-hydrogen) atoms. The number of carbonyl (C=O) groups is 2. The van der Waals surface area contributed by atoms with Crippen molar-refractivity contribution in [2.24, 2.45) is 0 Å². The van der Waals surface area contributed by atoms with E-state index in [-0.39, 0.29) is 36.2 Å². The molecule has 0 aliphatic carbocycles. The molecule has 2 heterocycles. The third-order valence-electron chi connectivity index (χ3n) is 5.64. The zero-order valence-corrected chi connectivity index (χ0v) is 18.1. The number of anilines is 1. The lowest BCUT2D eigenvalue weighted by molar-refractivity contribution is -0.123. The van der Waals surface area contributed by atoms with Crippen molar-refractivity contribution in [2.45, 2.75) is 24.3 Å². The monoisotopic (exact) mass is 447 g/mol. The van der Waals surface area contributed by atoms with Gasteiger partial charge in [-0.25, -0.2) is 13.3 Å². The van der Waals surface area contributed by atoms with Gasteiger partial charge in [-0.15, -0.1) is 0 Å². The zero-order chi connectivity index (χ0) is 21.5. The summed E-state index contributed by atoms with van der Waals surface area (Å²) in [6, 6.07) is 12.8. The Kier molecular flexibility index (Phi) is 5.67. The van der Waals surface area contributed by atoms with E-state index in [4.69, 9.17) is 11.6 Å². The van der Waals surface area contributed by atoms with Crippen molar-refractivity contribution in [3.8, 4) is 0 Å². The molecule has 2 aromatic rings. The summed E-state index contributed by atoms with van der Waals surface area (Å²) in [4.78, 5) is 29.0. The third kappa shape index (κ3) is 3.76. The minimum atomic E-state index is -3.62. The van der Waals surface area contributed by atoms with Crippen LogP contribution < -0.4 is 4.90 Å². The van der Waals surface area contributed by atoms with E-state index in [9.17, 15) is 18.0 Å². The highest BCUT2D eigenvalue weighted by Crippen LogP contribution is 2.29. The molecule has 0 unspecified atom stereocenters. The molecule has 4 rings (SSSR count). The largest absolute Gasteiger partial charge is 0.289 e. The van der Waals surface area contributed by atoms with Crippen LogP contribution in [0.4, 0.5) is 5.69 Å². The van der Waals surface area contributed by atoms with E-state index in [1.54, 1.807) is 24.3 Å². The van der Waals surface area contributed by atoms with Crippen LogP contribution in [0, 0.1) is 6.92 Å². The summed E-state index contributed by atoms with van der Waals surface area (Å²) in [7, 11) is -3.62. The topological polar surface area (TPSA) is 78.0 Å². The Labute approximate surface area is 180 Å². The highest BCUT2D eigenvalue weighted by atomic mass is 35.5. The van der Waals surface area contributed by atoms with Crippen LogP contribution >= 0.6 is 11.6 Å². The van der Waals surface area contributed by atoms with Crippen LogP contribution in [-0.2, 0) is 19.6 Å². The van der Waals surface area contributed by atoms with Crippen molar-refractivity contribution in [3.63, 3.8) is 0 Å². The number of hydrogen-bond donors (Lipinski definition) is 0. The quantitative estimate of drug-likeness (QED) is 0.672. The van der Waals surface area contributed by atoms with Gasteiger partial charge in [0.25, 0.3) is 5.91 Å². The first kappa shape index (κ1) is 21.0. The maximum absolute atomic E-state index is 13.0. The van der Waals surface area contributed by atoms with Crippen molar-refractivity contribution in [1.82, 2.24) is 9.21 Å². The highest BCUT2D eigenvalue weighted by Gasteiger charge is 2.44. The van der Waals surface area contributed by atoms with E-state index in [0.29, 0.717) is 23.8 Å². The van der Waals surface area contributed by atoms with Gasteiger partial charge in [-0.3, -0.25) is 14.5 Å². The van der Waals surface area contributed by atoms with Crippen molar-refractivity contribution in [3.05, 3.63) is 59.1 Å². The van der Waals surface area contributed by atoms with Gasteiger partial charge in [0.2, 0.25) is 15.9 Å². The van der Waals surface area contributed by atoms with E-state index >= 15 is 0 Å². The van der Waals surface area contributed by atoms with Gasteiger partial charge >= 0.3 is 0 Å². The molecule has 0 radical (unpaired) electrons. The first-order valence-electron chi connectivity index (χ1n) is 9.71. The first-order chi connectivity index (χ1) is 14.3. The summed E-state index contributed by atoms with van der Waals surface area (Å²) in [5, 5.41) is 0.474. The third-order valence-corrected chi connectivity index (χ3v) is 7.81. The second-order valence-electron chi connectivity index (χ2n) is 7.47. The van der Waals surface area contributed by atoms with Gasteiger partial charge in [0.15, 0.2) is 0 Å². The lowest BCUT2D eigenvalue weighted by Gasteiger charge is -2.36. The molecule has 158 valence electrons.